The number of piperidine rings is 1. The minimum absolute atomic E-state index is 0.0105. The number of carbonyl (C=O) groups is 3. The van der Waals surface area contributed by atoms with Crippen LogP contribution in [-0.2, 0) is 38.0 Å². The number of aliphatic hydroxyl groups excluding tert-OH is 1. The Morgan fingerprint density at radius 3 is 2.37 bits per heavy atom. The number of β-amino-alcohol motifs (C(OH)–C–C–N with tert-alkyl or cyclic N) is 1. The second-order valence-electron chi connectivity index (χ2n) is 21.0. The number of rotatable bonds is 18. The number of nitrogens with two attached hydrogens (primary N) is 1. The van der Waals surface area contributed by atoms with E-state index in [1.54, 1.807) is 41.7 Å². The Kier molecular flexibility index (Phi) is 17.8. The quantitative estimate of drug-likeness (QED) is 0.0409. The van der Waals surface area contributed by atoms with E-state index in [0.29, 0.717) is 39.7 Å². The fourth-order valence-corrected chi connectivity index (χ4v) is 11.2. The summed E-state index contributed by atoms with van der Waals surface area (Å²) in [5.74, 6) is 1.68. The Hall–Kier alpha value is -7.06. The lowest BCUT2D eigenvalue weighted by atomic mass is 9.85. The third kappa shape index (κ3) is 13.6. The molecule has 0 spiro atoms. The molecule has 0 radical (unpaired) electrons. The normalized spacial score (nSPS) is 17.1. The second-order valence-corrected chi connectivity index (χ2v) is 23.5. The number of nitrogen functional groups attached to an aromatic ring is 1. The fraction of sp³-hybridized carbons (Fsp3) is 0.429. The van der Waals surface area contributed by atoms with Gasteiger partial charge in [0.1, 0.15) is 41.3 Å². The van der Waals surface area contributed by atoms with Crippen molar-refractivity contribution in [1.82, 2.24) is 40.2 Å². The SMILES string of the molecule is Cc1ncsc1-c1ccc(CNC(=O)[C@@H]2C[C@@H](O)CN2C(=O)[C@@H](NC(=O)CCCCN2CCC(C#Cc3cnc(N)c4c(-c5ccc(NS(=O)(=O)C(F)F)c(O[C@@H](C)c6ccc(F)cc6)c5)nn(C)c34)CC2)C(C)(C)C)cc1. The number of nitrogens with zero attached hydrogens (tertiary/aromatic N) is 6. The minimum atomic E-state index is -5.07. The van der Waals surface area contributed by atoms with E-state index in [1.165, 1.54) is 47.4 Å². The van der Waals surface area contributed by atoms with E-state index in [-0.39, 0.29) is 60.9 Å². The molecule has 3 aromatic heterocycles. The summed E-state index contributed by atoms with van der Waals surface area (Å²) in [5, 5.41) is 21.8. The molecule has 4 atom stereocenters. The van der Waals surface area contributed by atoms with Crippen LogP contribution in [0.3, 0.4) is 0 Å². The van der Waals surface area contributed by atoms with Crippen LogP contribution in [0.25, 0.3) is 32.6 Å². The lowest BCUT2D eigenvalue weighted by molar-refractivity contribution is -0.144. The van der Waals surface area contributed by atoms with Crippen LogP contribution < -0.4 is 25.8 Å². The van der Waals surface area contributed by atoms with Crippen molar-refractivity contribution in [2.24, 2.45) is 18.4 Å². The summed E-state index contributed by atoms with van der Waals surface area (Å²) in [7, 11) is -3.34. The standard InChI is InChI=1S/C56H65F3N10O7S2/c1-33-50(77-32-63-33)38-13-11-36(12-14-38)29-62-53(72)44-28-42(70)31-69(44)54(73)51(56(3,4)5)64-46(71)9-7-8-24-68-25-22-35(23-26-68)10-15-40-30-61-52(60)47-48(65-67(6)49(40)47)39-18-21-43(66-78(74,75)55(58)59)45(27-39)76-34(2)37-16-19-41(57)20-17-37/h11-14,16-21,27,30,32,34-35,42,44,51,55,66,70H,7-9,22-26,28-29,31H2,1-6H3,(H2,60,61)(H,62,72)(H,64,71)/t34-,42+,44-,51+/m0/s1. The van der Waals surface area contributed by atoms with Crippen LogP contribution in [0.1, 0.15) is 94.7 Å². The average Bonchev–Trinajstić information content (AvgIpc) is 4.29. The zero-order chi connectivity index (χ0) is 56.1. The Morgan fingerprint density at radius 1 is 1.00 bits per heavy atom. The number of aryl methyl sites for hydroxylation is 2. The number of unbranched alkanes of at least 4 members (excludes halogenated alkanes) is 1. The lowest BCUT2D eigenvalue weighted by Gasteiger charge is -2.35. The van der Waals surface area contributed by atoms with Gasteiger partial charge in [0.05, 0.1) is 44.3 Å². The molecule has 2 fully saturated rings. The molecule has 0 saturated carbocycles. The molecule has 8 rings (SSSR count). The molecule has 2 aliphatic heterocycles. The van der Waals surface area contributed by atoms with Crippen molar-refractivity contribution >= 4 is 61.5 Å². The zero-order valence-corrected chi connectivity index (χ0v) is 46.0. The molecule has 22 heteroatoms. The molecule has 6 aromatic rings. The van der Waals surface area contributed by atoms with E-state index in [2.05, 4.69) is 37.3 Å². The van der Waals surface area contributed by atoms with Crippen molar-refractivity contribution in [2.75, 3.05) is 36.6 Å². The van der Waals surface area contributed by atoms with Crippen molar-refractivity contribution < 1.29 is 45.8 Å². The van der Waals surface area contributed by atoms with Gasteiger partial charge in [-0.1, -0.05) is 75.1 Å². The molecular formula is C56H65F3N10O7S2. The maximum atomic E-state index is 14.2. The molecule has 5 heterocycles. The van der Waals surface area contributed by atoms with Crippen LogP contribution in [0.2, 0.25) is 0 Å². The van der Waals surface area contributed by atoms with E-state index in [1.807, 2.05) is 56.7 Å². The number of fused-ring (bicyclic) bond motifs is 1. The summed E-state index contributed by atoms with van der Waals surface area (Å²) in [5.41, 5.74) is 12.8. The van der Waals surface area contributed by atoms with Gasteiger partial charge in [-0.3, -0.25) is 23.8 Å². The molecular weight excluding hydrogens is 1050 g/mol. The number of pyridine rings is 1. The maximum absolute atomic E-state index is 14.2. The van der Waals surface area contributed by atoms with Gasteiger partial charge in [-0.25, -0.2) is 22.8 Å². The highest BCUT2D eigenvalue weighted by molar-refractivity contribution is 7.93. The first kappa shape index (κ1) is 57.1. The number of likely N-dealkylation sites (tertiary alicyclic amines) is 2. The van der Waals surface area contributed by atoms with Gasteiger partial charge >= 0.3 is 5.76 Å². The Bertz CT molecular complexity index is 3310. The summed E-state index contributed by atoms with van der Waals surface area (Å²) in [6.45, 7) is 11.8. The van der Waals surface area contributed by atoms with Crippen molar-refractivity contribution in [3.8, 4) is 39.3 Å². The third-order valence-corrected chi connectivity index (χ3v) is 16.1. The number of aromatic nitrogens is 4. The smallest absolute Gasteiger partial charge is 0.355 e. The second kappa shape index (κ2) is 24.3. The first-order valence-corrected chi connectivity index (χ1v) is 28.2. The van der Waals surface area contributed by atoms with E-state index in [9.17, 15) is 41.1 Å². The number of carbonyl (C=O) groups excluding carboxylic acids is 3. The third-order valence-electron chi connectivity index (χ3n) is 14.1. The van der Waals surface area contributed by atoms with E-state index in [0.717, 1.165) is 60.6 Å². The molecule has 3 amide bonds. The molecule has 0 aliphatic carbocycles. The lowest BCUT2D eigenvalue weighted by Crippen LogP contribution is -2.57. The van der Waals surface area contributed by atoms with Crippen molar-refractivity contribution in [2.45, 2.75) is 110 Å². The number of aliphatic hydroxyl groups is 1. The van der Waals surface area contributed by atoms with Crippen LogP contribution in [0.15, 0.2) is 78.4 Å². The van der Waals surface area contributed by atoms with Gasteiger partial charge in [0, 0.05) is 50.7 Å². The van der Waals surface area contributed by atoms with E-state index >= 15 is 0 Å². The number of thiazole rings is 1. The Balaban J connectivity index is 0.837. The van der Waals surface area contributed by atoms with Crippen LogP contribution in [0.5, 0.6) is 5.75 Å². The summed E-state index contributed by atoms with van der Waals surface area (Å²) >= 11 is 1.57. The molecule has 2 aliphatic rings. The summed E-state index contributed by atoms with van der Waals surface area (Å²) in [6.07, 6.45) is 3.27. The number of ether oxygens (including phenoxy) is 1. The van der Waals surface area contributed by atoms with E-state index < -0.39 is 57.2 Å². The molecule has 3 aromatic carbocycles. The van der Waals surface area contributed by atoms with Crippen LogP contribution in [0.4, 0.5) is 24.7 Å². The largest absolute Gasteiger partial charge is 0.484 e. The van der Waals surface area contributed by atoms with Gasteiger partial charge in [-0.2, -0.15) is 13.9 Å². The van der Waals surface area contributed by atoms with Gasteiger partial charge in [0.25, 0.3) is 10.0 Å². The van der Waals surface area contributed by atoms with Gasteiger partial charge in [0.15, 0.2) is 0 Å². The number of sulfonamides is 1. The molecule has 6 N–H and O–H groups in total. The van der Waals surface area contributed by atoms with Crippen LogP contribution >= 0.6 is 11.3 Å². The number of hydrogen-bond donors (Lipinski definition) is 5. The first-order chi connectivity index (χ1) is 37.1. The number of benzene rings is 3. The predicted molar refractivity (Wildman–Crippen MR) is 294 cm³/mol. The monoisotopic (exact) mass is 1110 g/mol. The number of hydrogen-bond acceptors (Lipinski definition) is 13. The predicted octanol–water partition coefficient (Wildman–Crippen LogP) is 7.94. The van der Waals surface area contributed by atoms with Gasteiger partial charge < -0.3 is 36.0 Å². The highest BCUT2D eigenvalue weighted by Crippen LogP contribution is 2.39. The summed E-state index contributed by atoms with van der Waals surface area (Å²) < 4.78 is 74.8. The highest BCUT2D eigenvalue weighted by Gasteiger charge is 2.44. The molecule has 0 bridgehead atoms. The molecule has 2 saturated heterocycles. The summed E-state index contributed by atoms with van der Waals surface area (Å²) in [6, 6.07) is 15.8. The highest BCUT2D eigenvalue weighted by atomic mass is 32.2. The maximum Gasteiger partial charge on any atom is 0.355 e. The fourth-order valence-electron chi connectivity index (χ4n) is 9.79. The van der Waals surface area contributed by atoms with Gasteiger partial charge in [-0.15, -0.1) is 11.3 Å². The van der Waals surface area contributed by atoms with Crippen LogP contribution in [-0.4, -0.2) is 111 Å². The number of amides is 3. The minimum Gasteiger partial charge on any atom is -0.484 e. The van der Waals surface area contributed by atoms with Crippen molar-refractivity contribution in [3.63, 3.8) is 0 Å². The molecule has 414 valence electrons. The number of halogens is 3. The van der Waals surface area contributed by atoms with Crippen LogP contribution in [0, 0.1) is 35.9 Å². The van der Waals surface area contributed by atoms with Crippen molar-refractivity contribution in [1.29, 1.82) is 0 Å². The van der Waals surface area contributed by atoms with E-state index in [4.69, 9.17) is 15.6 Å². The molecule has 0 unspecified atom stereocenters. The Labute approximate surface area is 456 Å². The van der Waals surface area contributed by atoms with Crippen molar-refractivity contribution in [3.05, 3.63) is 107 Å². The number of alkyl halides is 2. The number of nitrogens with one attached hydrogen (secondary N) is 3. The Morgan fingerprint density at radius 2 is 1.71 bits per heavy atom. The summed E-state index contributed by atoms with van der Waals surface area (Å²) in [4.78, 5) is 54.7. The first-order valence-electron chi connectivity index (χ1n) is 25.8. The van der Waals surface area contributed by atoms with Gasteiger partial charge in [0.2, 0.25) is 17.7 Å². The zero-order valence-electron chi connectivity index (χ0n) is 44.4. The van der Waals surface area contributed by atoms with Gasteiger partial charge in [-0.05, 0) is 106 Å². The average molecular weight is 1110 g/mol. The molecule has 78 heavy (non-hydrogen) atoms. The number of anilines is 2. The topological polar surface area (TPSA) is 227 Å². The molecule has 17 nitrogen and oxygen atoms in total.